The van der Waals surface area contributed by atoms with E-state index in [1.54, 1.807) is 36.9 Å². The highest BCUT2D eigenvalue weighted by Crippen LogP contribution is 2.46. The Kier molecular flexibility index (Phi) is 6.07. The lowest BCUT2D eigenvalue weighted by molar-refractivity contribution is -0.320. The van der Waals surface area contributed by atoms with Crippen LogP contribution in [-0.4, -0.2) is 86.2 Å². The molecule has 11 heteroatoms. The van der Waals surface area contributed by atoms with E-state index in [0.717, 1.165) is 0 Å². The number of carbonyl (C=O) groups is 2. The molecule has 1 aromatic carbocycles. The number of nitriles is 1. The molecule has 0 aliphatic carbocycles. The topological polar surface area (TPSA) is 170 Å². The Hall–Kier alpha value is -2.75. The standard InChI is InChI=1S/C22H26N2O9/c1-22(2)19(32-21-17(28)15(26)16(27)18(31-21)20(29)30)14(24-7-3-4-13(24)25)11-8-10(9-23)5-6-12(11)33-22/h5-6,8,14-19,21,26-28H,3-4,7H2,1-2H3,(H,29,30)/t14-,15+,16+,17-,18+,19+,21+/m1/s1. The Morgan fingerprint density at radius 2 is 1.97 bits per heavy atom. The van der Waals surface area contributed by atoms with Crippen molar-refractivity contribution in [2.24, 2.45) is 0 Å². The minimum absolute atomic E-state index is 0.122. The maximum atomic E-state index is 12.7. The van der Waals surface area contributed by atoms with Gasteiger partial charge in [0.15, 0.2) is 12.4 Å². The average Bonchev–Trinajstić information content (AvgIpc) is 3.18. The molecule has 0 saturated carbocycles. The molecule has 4 rings (SSSR count). The van der Waals surface area contributed by atoms with Crippen LogP contribution >= 0.6 is 0 Å². The molecule has 1 amide bonds. The maximum Gasteiger partial charge on any atom is 0.335 e. The summed E-state index contributed by atoms with van der Waals surface area (Å²) >= 11 is 0. The second-order valence-corrected chi connectivity index (χ2v) is 9.00. The Labute approximate surface area is 189 Å². The predicted molar refractivity (Wildman–Crippen MR) is 109 cm³/mol. The summed E-state index contributed by atoms with van der Waals surface area (Å²) in [5.74, 6) is -1.19. The van der Waals surface area contributed by atoms with Gasteiger partial charge in [-0.1, -0.05) is 0 Å². The van der Waals surface area contributed by atoms with Crippen LogP contribution in [0.3, 0.4) is 0 Å². The lowest BCUT2D eigenvalue weighted by atomic mass is 9.84. The number of carboxylic acids is 1. The first kappa shape index (κ1) is 23.4. The van der Waals surface area contributed by atoms with Crippen molar-refractivity contribution in [3.8, 4) is 11.8 Å². The van der Waals surface area contributed by atoms with Crippen LogP contribution in [0.1, 0.15) is 43.9 Å². The Morgan fingerprint density at radius 1 is 1.24 bits per heavy atom. The van der Waals surface area contributed by atoms with Crippen molar-refractivity contribution in [3.63, 3.8) is 0 Å². The molecule has 7 atom stereocenters. The summed E-state index contributed by atoms with van der Waals surface area (Å²) in [6.45, 7) is 3.85. The number of rotatable bonds is 4. The zero-order valence-corrected chi connectivity index (χ0v) is 18.1. The third kappa shape index (κ3) is 4.05. The van der Waals surface area contributed by atoms with Gasteiger partial charge in [-0.15, -0.1) is 0 Å². The normalized spacial score (nSPS) is 35.5. The number of nitrogens with zero attached hydrogens (tertiary/aromatic N) is 2. The van der Waals surface area contributed by atoms with Crippen LogP contribution in [0.2, 0.25) is 0 Å². The number of aliphatic hydroxyl groups is 3. The van der Waals surface area contributed by atoms with Crippen molar-refractivity contribution < 1.29 is 44.2 Å². The van der Waals surface area contributed by atoms with E-state index < -0.39 is 54.4 Å². The molecular formula is C22H26N2O9. The molecule has 33 heavy (non-hydrogen) atoms. The number of amides is 1. The molecular weight excluding hydrogens is 436 g/mol. The van der Waals surface area contributed by atoms with Crippen molar-refractivity contribution in [2.45, 2.75) is 75.1 Å². The highest BCUT2D eigenvalue weighted by molar-refractivity contribution is 5.79. The summed E-state index contributed by atoms with van der Waals surface area (Å²) in [7, 11) is 0. The Morgan fingerprint density at radius 3 is 2.58 bits per heavy atom. The Balaban J connectivity index is 1.75. The van der Waals surface area contributed by atoms with Gasteiger partial charge in [0.05, 0.1) is 17.7 Å². The van der Waals surface area contributed by atoms with Crippen LogP contribution in [0.15, 0.2) is 18.2 Å². The van der Waals surface area contributed by atoms with Crippen LogP contribution in [0.4, 0.5) is 0 Å². The van der Waals surface area contributed by atoms with Crippen molar-refractivity contribution in [1.82, 2.24) is 4.90 Å². The smallest absolute Gasteiger partial charge is 0.335 e. The fourth-order valence-electron chi connectivity index (χ4n) is 4.67. The molecule has 1 aromatic rings. The fourth-order valence-corrected chi connectivity index (χ4v) is 4.67. The number of carbonyl (C=O) groups excluding carboxylic acids is 1. The Bertz CT molecular complexity index is 991. The average molecular weight is 462 g/mol. The molecule has 0 bridgehead atoms. The summed E-state index contributed by atoms with van der Waals surface area (Å²) in [6, 6.07) is 6.18. The number of likely N-dealkylation sites (tertiary alicyclic amines) is 1. The molecule has 0 aromatic heterocycles. The molecule has 3 aliphatic rings. The first-order valence-corrected chi connectivity index (χ1v) is 10.7. The van der Waals surface area contributed by atoms with Gasteiger partial charge in [0.1, 0.15) is 35.8 Å². The number of aliphatic carboxylic acids is 1. The van der Waals surface area contributed by atoms with Crippen molar-refractivity contribution in [2.75, 3.05) is 6.54 Å². The van der Waals surface area contributed by atoms with E-state index in [1.807, 2.05) is 0 Å². The van der Waals surface area contributed by atoms with Gasteiger partial charge >= 0.3 is 5.97 Å². The van der Waals surface area contributed by atoms with Crippen molar-refractivity contribution >= 4 is 11.9 Å². The van der Waals surface area contributed by atoms with Crippen molar-refractivity contribution in [3.05, 3.63) is 29.3 Å². The van der Waals surface area contributed by atoms with E-state index in [2.05, 4.69) is 6.07 Å². The van der Waals surface area contributed by atoms with E-state index in [1.165, 1.54) is 0 Å². The van der Waals surface area contributed by atoms with E-state index in [4.69, 9.17) is 14.2 Å². The highest BCUT2D eigenvalue weighted by atomic mass is 16.7. The van der Waals surface area contributed by atoms with Gasteiger partial charge in [0.25, 0.3) is 0 Å². The number of aliphatic hydroxyl groups excluding tert-OH is 3. The number of fused-ring (bicyclic) bond motifs is 1. The molecule has 2 fully saturated rings. The van der Waals surface area contributed by atoms with Crippen LogP contribution in [0.5, 0.6) is 5.75 Å². The highest BCUT2D eigenvalue weighted by Gasteiger charge is 2.54. The largest absolute Gasteiger partial charge is 0.485 e. The van der Waals surface area contributed by atoms with Gasteiger partial charge in [0, 0.05) is 18.5 Å². The molecule has 0 spiro atoms. The second-order valence-electron chi connectivity index (χ2n) is 9.00. The SMILES string of the molecule is CC1(C)Oc2ccc(C#N)cc2[C@@H](N2CCCC2=O)[C@@H]1O[C@@H]1O[C@H](C(=O)O)[C@@H](O)[C@H](O)[C@H]1O. The minimum Gasteiger partial charge on any atom is -0.485 e. The summed E-state index contributed by atoms with van der Waals surface area (Å²) in [4.78, 5) is 25.8. The molecule has 11 nitrogen and oxygen atoms in total. The molecule has 0 radical (unpaired) electrons. The summed E-state index contributed by atoms with van der Waals surface area (Å²) in [5.41, 5.74) is -0.197. The number of ether oxygens (including phenoxy) is 3. The van der Waals surface area contributed by atoms with E-state index in [0.29, 0.717) is 36.3 Å². The van der Waals surface area contributed by atoms with Crippen LogP contribution < -0.4 is 4.74 Å². The number of hydrogen-bond acceptors (Lipinski definition) is 9. The molecule has 178 valence electrons. The van der Waals surface area contributed by atoms with Gasteiger partial charge in [-0.2, -0.15) is 5.26 Å². The van der Waals surface area contributed by atoms with E-state index in [-0.39, 0.29) is 5.91 Å². The van der Waals surface area contributed by atoms with Gasteiger partial charge in [0.2, 0.25) is 5.91 Å². The first-order valence-electron chi connectivity index (χ1n) is 10.7. The fraction of sp³-hybridized carbons (Fsp3) is 0.591. The molecule has 4 N–H and O–H groups in total. The van der Waals surface area contributed by atoms with E-state index in [9.17, 15) is 35.3 Å². The number of hydrogen-bond donors (Lipinski definition) is 4. The van der Waals surface area contributed by atoms with Gasteiger partial charge in [-0.25, -0.2) is 4.79 Å². The zero-order valence-electron chi connectivity index (χ0n) is 18.1. The van der Waals surface area contributed by atoms with Gasteiger partial charge in [-0.05, 0) is 38.5 Å². The van der Waals surface area contributed by atoms with Crippen molar-refractivity contribution in [1.29, 1.82) is 5.26 Å². The molecule has 2 saturated heterocycles. The monoisotopic (exact) mass is 462 g/mol. The predicted octanol–water partition coefficient (Wildman–Crippen LogP) is -0.330. The summed E-state index contributed by atoms with van der Waals surface area (Å²) in [6.07, 6.45) is -8.91. The summed E-state index contributed by atoms with van der Waals surface area (Å²) in [5, 5.41) is 49.4. The van der Waals surface area contributed by atoms with Gasteiger partial charge in [-0.3, -0.25) is 4.79 Å². The minimum atomic E-state index is -1.86. The maximum absolute atomic E-state index is 12.7. The van der Waals surface area contributed by atoms with Gasteiger partial charge < -0.3 is 39.5 Å². The van der Waals surface area contributed by atoms with Crippen LogP contribution in [0, 0.1) is 11.3 Å². The molecule has 3 aliphatic heterocycles. The third-order valence-corrected chi connectivity index (χ3v) is 6.34. The number of benzene rings is 1. The second kappa shape index (κ2) is 8.55. The van der Waals surface area contributed by atoms with Crippen LogP contribution in [0.25, 0.3) is 0 Å². The summed E-state index contributed by atoms with van der Waals surface area (Å²) < 4.78 is 17.5. The zero-order chi connectivity index (χ0) is 24.1. The quantitative estimate of drug-likeness (QED) is 0.465. The third-order valence-electron chi connectivity index (χ3n) is 6.34. The number of carboxylic acid groups (broad SMARTS) is 1. The molecule has 0 unspecified atom stereocenters. The molecule has 3 heterocycles. The first-order chi connectivity index (χ1) is 15.5. The lowest BCUT2D eigenvalue weighted by Crippen LogP contribution is -2.63. The lowest BCUT2D eigenvalue weighted by Gasteiger charge is -2.49. The van der Waals surface area contributed by atoms with Crippen LogP contribution in [-0.2, 0) is 19.1 Å². The van der Waals surface area contributed by atoms with E-state index >= 15 is 0 Å².